The molecule has 2 rings (SSSR count). The van der Waals surface area contributed by atoms with Crippen LogP contribution in [0.25, 0.3) is 0 Å². The van der Waals surface area contributed by atoms with Gasteiger partial charge in [0, 0.05) is 22.6 Å². The Morgan fingerprint density at radius 1 is 1.12 bits per heavy atom. The summed E-state index contributed by atoms with van der Waals surface area (Å²) in [5.41, 5.74) is 6.05. The molecule has 2 aromatic carbocycles. The van der Waals surface area contributed by atoms with Crippen LogP contribution >= 0.6 is 35.0 Å². The lowest BCUT2D eigenvalue weighted by atomic mass is 10.1. The quantitative estimate of drug-likeness (QED) is 0.574. The van der Waals surface area contributed by atoms with E-state index in [4.69, 9.17) is 27.9 Å². The molecule has 0 bridgehead atoms. The first-order valence-electron chi connectivity index (χ1n) is 7.24. The minimum absolute atomic E-state index is 0.0874. The molecule has 2 N–H and O–H groups in total. The zero-order valence-corrected chi connectivity index (χ0v) is 15.7. The molecule has 0 aliphatic rings. The lowest BCUT2D eigenvalue weighted by molar-refractivity contribution is -0.119. The van der Waals surface area contributed by atoms with Gasteiger partial charge >= 0.3 is 0 Å². The molecule has 0 fully saturated rings. The molecule has 0 heterocycles. The number of halogens is 2. The van der Waals surface area contributed by atoms with Gasteiger partial charge < -0.3 is 4.74 Å². The number of nitrogens with one attached hydrogen (secondary N) is 2. The Hall–Kier alpha value is -1.73. The number of carbonyl (C=O) groups excluding carboxylic acids is 2. The predicted octanol–water partition coefficient (Wildman–Crippen LogP) is 3.69. The minimum atomic E-state index is -0.405. The highest BCUT2D eigenvalue weighted by molar-refractivity contribution is 8.00. The number of hydrazine groups is 1. The Bertz CT molecular complexity index is 771. The number of ether oxygens (including phenoxy) is 1. The molecule has 0 saturated carbocycles. The van der Waals surface area contributed by atoms with Gasteiger partial charge in [-0.2, -0.15) is 0 Å². The molecular weight excluding hydrogens is 383 g/mol. The average molecular weight is 399 g/mol. The monoisotopic (exact) mass is 398 g/mol. The van der Waals surface area contributed by atoms with Crippen molar-refractivity contribution in [3.8, 4) is 0 Å². The summed E-state index contributed by atoms with van der Waals surface area (Å²) in [5, 5.41) is 1.05. The van der Waals surface area contributed by atoms with Crippen molar-refractivity contribution in [3.63, 3.8) is 0 Å². The van der Waals surface area contributed by atoms with Gasteiger partial charge in [0.05, 0.1) is 17.4 Å². The molecule has 0 atom stereocenters. The summed E-state index contributed by atoms with van der Waals surface area (Å²) < 4.78 is 5.03. The normalized spacial score (nSPS) is 10.4. The lowest BCUT2D eigenvalue weighted by Gasteiger charge is -2.09. The molecule has 0 unspecified atom stereocenters. The zero-order chi connectivity index (χ0) is 18.2. The highest BCUT2D eigenvalue weighted by Crippen LogP contribution is 2.29. The van der Waals surface area contributed by atoms with E-state index >= 15 is 0 Å². The maximum Gasteiger partial charge on any atom is 0.269 e. The number of amides is 2. The van der Waals surface area contributed by atoms with Crippen LogP contribution in [-0.4, -0.2) is 24.7 Å². The second kappa shape index (κ2) is 9.68. The van der Waals surface area contributed by atoms with Crippen LogP contribution in [0.15, 0.2) is 47.4 Å². The van der Waals surface area contributed by atoms with Crippen LogP contribution in [0.5, 0.6) is 0 Å². The molecule has 0 aliphatic carbocycles. The minimum Gasteiger partial charge on any atom is -0.380 e. The molecule has 0 saturated heterocycles. The van der Waals surface area contributed by atoms with E-state index in [1.807, 2.05) is 6.07 Å². The zero-order valence-electron chi connectivity index (χ0n) is 13.3. The van der Waals surface area contributed by atoms with Gasteiger partial charge in [0.15, 0.2) is 0 Å². The third-order valence-electron chi connectivity index (χ3n) is 3.07. The fourth-order valence-corrected chi connectivity index (χ4v) is 3.23. The van der Waals surface area contributed by atoms with Crippen LogP contribution in [0.3, 0.4) is 0 Å². The van der Waals surface area contributed by atoms with Crippen molar-refractivity contribution in [1.29, 1.82) is 0 Å². The Morgan fingerprint density at radius 3 is 2.68 bits per heavy atom. The van der Waals surface area contributed by atoms with Crippen molar-refractivity contribution in [1.82, 2.24) is 10.9 Å². The van der Waals surface area contributed by atoms with E-state index in [2.05, 4.69) is 10.9 Å². The Morgan fingerprint density at radius 2 is 1.92 bits per heavy atom. The molecule has 132 valence electrons. The molecule has 2 aromatic rings. The number of carbonyl (C=O) groups is 2. The fourth-order valence-electron chi connectivity index (χ4n) is 1.93. The summed E-state index contributed by atoms with van der Waals surface area (Å²) in [6, 6.07) is 12.0. The topological polar surface area (TPSA) is 67.4 Å². The molecule has 0 aliphatic heterocycles. The van der Waals surface area contributed by atoms with Gasteiger partial charge in [-0.25, -0.2) is 0 Å². The number of methoxy groups -OCH3 is 1. The largest absolute Gasteiger partial charge is 0.380 e. The number of rotatable bonds is 6. The molecule has 5 nitrogen and oxygen atoms in total. The van der Waals surface area contributed by atoms with E-state index in [9.17, 15) is 9.59 Å². The van der Waals surface area contributed by atoms with Gasteiger partial charge in [0.2, 0.25) is 5.91 Å². The summed E-state index contributed by atoms with van der Waals surface area (Å²) in [5.74, 6) is -0.677. The number of benzene rings is 2. The van der Waals surface area contributed by atoms with Crippen LogP contribution in [0.1, 0.15) is 15.9 Å². The smallest absolute Gasteiger partial charge is 0.269 e. The summed E-state index contributed by atoms with van der Waals surface area (Å²) in [6.45, 7) is 0.407. The van der Waals surface area contributed by atoms with Gasteiger partial charge in [0.25, 0.3) is 5.91 Å². The first kappa shape index (κ1) is 19.6. The summed E-state index contributed by atoms with van der Waals surface area (Å²) >= 11 is 13.2. The molecule has 8 heteroatoms. The maximum atomic E-state index is 12.1. The highest BCUT2D eigenvalue weighted by atomic mass is 35.5. The van der Waals surface area contributed by atoms with Gasteiger partial charge in [0.1, 0.15) is 0 Å². The van der Waals surface area contributed by atoms with E-state index in [1.54, 1.807) is 43.5 Å². The van der Waals surface area contributed by atoms with E-state index in [1.165, 1.54) is 11.8 Å². The van der Waals surface area contributed by atoms with Crippen molar-refractivity contribution in [2.24, 2.45) is 0 Å². The van der Waals surface area contributed by atoms with Crippen LogP contribution in [0.2, 0.25) is 10.0 Å². The highest BCUT2D eigenvalue weighted by Gasteiger charge is 2.10. The SMILES string of the molecule is COCc1cccc(C(=O)NNC(=O)CSc2cc(Cl)ccc2Cl)c1. The van der Waals surface area contributed by atoms with Gasteiger partial charge in [-0.3, -0.25) is 20.4 Å². The molecule has 0 spiro atoms. The third-order valence-corrected chi connectivity index (χ3v) is 4.80. The lowest BCUT2D eigenvalue weighted by Crippen LogP contribution is -2.42. The van der Waals surface area contributed by atoms with Crippen LogP contribution in [-0.2, 0) is 16.1 Å². The van der Waals surface area contributed by atoms with Crippen molar-refractivity contribution >= 4 is 46.8 Å². The van der Waals surface area contributed by atoms with E-state index < -0.39 is 5.91 Å². The number of hydrogen-bond acceptors (Lipinski definition) is 4. The Labute approximate surface area is 160 Å². The van der Waals surface area contributed by atoms with Gasteiger partial charge in [-0.15, -0.1) is 11.8 Å². The molecule has 25 heavy (non-hydrogen) atoms. The first-order chi connectivity index (χ1) is 12.0. The summed E-state index contributed by atoms with van der Waals surface area (Å²) in [7, 11) is 1.58. The molecular formula is C17H16Cl2N2O3S. The van der Waals surface area contributed by atoms with E-state index in [-0.39, 0.29) is 11.7 Å². The van der Waals surface area contributed by atoms with Crippen molar-refractivity contribution in [2.45, 2.75) is 11.5 Å². The van der Waals surface area contributed by atoms with Gasteiger partial charge in [-0.1, -0.05) is 35.3 Å². The third kappa shape index (κ3) is 6.25. The molecule has 0 radical (unpaired) electrons. The Balaban J connectivity index is 1.84. The van der Waals surface area contributed by atoms with E-state index in [0.717, 1.165) is 5.56 Å². The van der Waals surface area contributed by atoms with Crippen molar-refractivity contribution in [2.75, 3.05) is 12.9 Å². The Kier molecular flexibility index (Phi) is 7.58. The molecule has 0 aromatic heterocycles. The van der Waals surface area contributed by atoms with Crippen LogP contribution in [0, 0.1) is 0 Å². The molecule has 2 amide bonds. The number of hydrogen-bond donors (Lipinski definition) is 2. The predicted molar refractivity (Wildman–Crippen MR) is 99.9 cm³/mol. The van der Waals surface area contributed by atoms with E-state index in [0.29, 0.717) is 27.1 Å². The van der Waals surface area contributed by atoms with Gasteiger partial charge in [-0.05, 0) is 35.9 Å². The van der Waals surface area contributed by atoms with Crippen molar-refractivity contribution in [3.05, 3.63) is 63.6 Å². The second-order valence-electron chi connectivity index (χ2n) is 5.00. The maximum absolute atomic E-state index is 12.1. The summed E-state index contributed by atoms with van der Waals surface area (Å²) in [6.07, 6.45) is 0. The van der Waals surface area contributed by atoms with Crippen LogP contribution in [0.4, 0.5) is 0 Å². The number of thioether (sulfide) groups is 1. The summed E-state index contributed by atoms with van der Waals surface area (Å²) in [4.78, 5) is 24.6. The fraction of sp³-hybridized carbons (Fsp3) is 0.176. The first-order valence-corrected chi connectivity index (χ1v) is 8.98. The standard InChI is InChI=1S/C17H16Cl2N2O3S/c1-24-9-11-3-2-4-12(7-11)17(23)21-20-16(22)10-25-15-8-13(18)5-6-14(15)19/h2-8H,9-10H2,1H3,(H,20,22)(H,21,23). The van der Waals surface area contributed by atoms with Crippen LogP contribution < -0.4 is 10.9 Å². The van der Waals surface area contributed by atoms with Crippen molar-refractivity contribution < 1.29 is 14.3 Å². The second-order valence-corrected chi connectivity index (χ2v) is 6.86. The average Bonchev–Trinajstić information content (AvgIpc) is 2.61.